The normalized spacial score (nSPS) is 27.2. The highest BCUT2D eigenvalue weighted by atomic mass is 16.5. The second-order valence-electron chi connectivity index (χ2n) is 7.54. The lowest BCUT2D eigenvalue weighted by molar-refractivity contribution is 0.0629. The lowest BCUT2D eigenvalue weighted by Gasteiger charge is -2.46. The lowest BCUT2D eigenvalue weighted by Crippen LogP contribution is -2.46. The zero-order valence-corrected chi connectivity index (χ0v) is 15.4. The Morgan fingerprint density at radius 2 is 2.28 bits per heavy atom. The van der Waals surface area contributed by atoms with Gasteiger partial charge in [-0.2, -0.15) is 0 Å². The fourth-order valence-electron chi connectivity index (χ4n) is 5.02. The molecular formula is C21H28N2O2. The quantitative estimate of drug-likeness (QED) is 0.804. The van der Waals surface area contributed by atoms with E-state index in [1.54, 1.807) is 7.11 Å². The molecule has 0 amide bonds. The molecule has 0 aliphatic carbocycles. The van der Waals surface area contributed by atoms with E-state index < -0.39 is 0 Å². The molecule has 0 radical (unpaired) electrons. The number of H-pyrrole nitrogens is 1. The second kappa shape index (κ2) is 6.41. The van der Waals surface area contributed by atoms with Crippen LogP contribution in [0.3, 0.4) is 0 Å². The molecule has 1 saturated heterocycles. The van der Waals surface area contributed by atoms with Crippen molar-refractivity contribution in [1.82, 2.24) is 9.88 Å². The summed E-state index contributed by atoms with van der Waals surface area (Å²) in [6.45, 7) is 6.56. The van der Waals surface area contributed by atoms with Crippen LogP contribution in [0, 0.1) is 11.8 Å². The molecular weight excluding hydrogens is 312 g/mol. The van der Waals surface area contributed by atoms with Gasteiger partial charge in [-0.3, -0.25) is 4.90 Å². The number of allylic oxidation sites excluding steroid dienone is 1. The Kier molecular flexibility index (Phi) is 4.24. The van der Waals surface area contributed by atoms with Crippen LogP contribution >= 0.6 is 0 Å². The third-order valence-corrected chi connectivity index (χ3v) is 6.39. The Bertz CT molecular complexity index is 808. The molecule has 3 unspecified atom stereocenters. The predicted octanol–water partition coefficient (Wildman–Crippen LogP) is 4.58. The van der Waals surface area contributed by atoms with E-state index in [1.807, 2.05) is 0 Å². The maximum atomic E-state index is 9.57. The molecule has 0 saturated carbocycles. The van der Waals surface area contributed by atoms with Crippen LogP contribution in [0.1, 0.15) is 44.0 Å². The second-order valence-corrected chi connectivity index (χ2v) is 7.54. The van der Waals surface area contributed by atoms with Crippen molar-refractivity contribution in [3.63, 3.8) is 0 Å². The van der Waals surface area contributed by atoms with Crippen LogP contribution < -0.4 is 4.74 Å². The van der Waals surface area contributed by atoms with Gasteiger partial charge in [-0.1, -0.05) is 19.4 Å². The summed E-state index contributed by atoms with van der Waals surface area (Å²) in [5, 5.41) is 10.8. The van der Waals surface area contributed by atoms with Gasteiger partial charge in [-0.05, 0) is 54.9 Å². The number of ether oxygens (including phenoxy) is 1. The predicted molar refractivity (Wildman–Crippen MR) is 101 cm³/mol. The number of hydrogen-bond donors (Lipinski definition) is 2. The highest BCUT2D eigenvalue weighted by molar-refractivity contribution is 5.91. The Morgan fingerprint density at radius 3 is 3.00 bits per heavy atom. The van der Waals surface area contributed by atoms with E-state index in [2.05, 4.69) is 41.9 Å². The Morgan fingerprint density at radius 1 is 1.44 bits per heavy atom. The minimum Gasteiger partial charge on any atom is -0.516 e. The minimum atomic E-state index is 0.406. The summed E-state index contributed by atoms with van der Waals surface area (Å²) < 4.78 is 5.62. The summed E-state index contributed by atoms with van der Waals surface area (Å²) in [6, 6.07) is 6.66. The number of aromatic amines is 1. The van der Waals surface area contributed by atoms with Gasteiger partial charge in [0.25, 0.3) is 0 Å². The van der Waals surface area contributed by atoms with Gasteiger partial charge in [-0.15, -0.1) is 0 Å². The van der Waals surface area contributed by atoms with Gasteiger partial charge in [0.2, 0.25) is 0 Å². The maximum absolute atomic E-state index is 9.57. The summed E-state index contributed by atoms with van der Waals surface area (Å²) in [7, 11) is 1.75. The molecule has 4 nitrogen and oxygen atoms in total. The molecule has 4 heteroatoms. The SMILES string of the molecule is CCC1CN2CCc3c([nH]c4cccc(OC)c34)C2CC1/C(C)=C\O. The fourth-order valence-corrected chi connectivity index (χ4v) is 5.02. The maximum Gasteiger partial charge on any atom is 0.128 e. The number of nitrogens with zero attached hydrogens (tertiary/aromatic N) is 1. The van der Waals surface area contributed by atoms with Crippen molar-refractivity contribution in [2.24, 2.45) is 11.8 Å². The first-order chi connectivity index (χ1) is 12.2. The molecule has 0 spiro atoms. The number of methoxy groups -OCH3 is 1. The molecule has 0 bridgehead atoms. The number of aliphatic hydroxyl groups is 1. The molecule has 1 aromatic carbocycles. The van der Waals surface area contributed by atoms with Gasteiger partial charge in [0.15, 0.2) is 0 Å². The van der Waals surface area contributed by atoms with Gasteiger partial charge >= 0.3 is 0 Å². The van der Waals surface area contributed by atoms with Crippen molar-refractivity contribution in [2.45, 2.75) is 39.2 Å². The zero-order valence-electron chi connectivity index (χ0n) is 15.4. The Balaban J connectivity index is 1.78. The third kappa shape index (κ3) is 2.54. The first kappa shape index (κ1) is 16.5. The fraction of sp³-hybridized carbons (Fsp3) is 0.524. The van der Waals surface area contributed by atoms with Crippen LogP contribution in [0.2, 0.25) is 0 Å². The summed E-state index contributed by atoms with van der Waals surface area (Å²) in [6.07, 6.45) is 4.62. The minimum absolute atomic E-state index is 0.406. The summed E-state index contributed by atoms with van der Waals surface area (Å²) in [5.41, 5.74) is 5.08. The van der Waals surface area contributed by atoms with Crippen LogP contribution in [0.5, 0.6) is 5.75 Å². The lowest BCUT2D eigenvalue weighted by atomic mass is 9.74. The van der Waals surface area contributed by atoms with Gasteiger partial charge in [0.05, 0.1) is 19.4 Å². The summed E-state index contributed by atoms with van der Waals surface area (Å²) in [5.74, 6) is 2.05. The smallest absolute Gasteiger partial charge is 0.128 e. The number of piperidine rings is 1. The van der Waals surface area contributed by atoms with Crippen LogP contribution in [0.25, 0.3) is 10.9 Å². The molecule has 134 valence electrons. The number of fused-ring (bicyclic) bond motifs is 5. The Labute approximate surface area is 149 Å². The first-order valence-corrected chi connectivity index (χ1v) is 9.40. The molecule has 2 aliphatic heterocycles. The summed E-state index contributed by atoms with van der Waals surface area (Å²) in [4.78, 5) is 6.34. The highest BCUT2D eigenvalue weighted by Gasteiger charge is 2.40. The van der Waals surface area contributed by atoms with Crippen LogP contribution in [0.4, 0.5) is 0 Å². The monoisotopic (exact) mass is 340 g/mol. The van der Waals surface area contributed by atoms with Crippen molar-refractivity contribution >= 4 is 10.9 Å². The van der Waals surface area contributed by atoms with Crippen LogP contribution in [0.15, 0.2) is 30.0 Å². The van der Waals surface area contributed by atoms with E-state index in [4.69, 9.17) is 4.74 Å². The number of rotatable bonds is 3. The molecule has 4 rings (SSSR count). The largest absolute Gasteiger partial charge is 0.516 e. The number of aliphatic hydroxyl groups excluding tert-OH is 1. The van der Waals surface area contributed by atoms with Gasteiger partial charge in [0.1, 0.15) is 5.75 Å². The zero-order chi connectivity index (χ0) is 17.6. The van der Waals surface area contributed by atoms with Crippen molar-refractivity contribution in [3.05, 3.63) is 41.3 Å². The molecule has 25 heavy (non-hydrogen) atoms. The van der Waals surface area contributed by atoms with E-state index in [1.165, 1.54) is 28.4 Å². The standard InChI is InChI=1S/C21H28N2O2/c1-4-14-11-23-9-8-15-20-17(6-5-7-19(20)25-3)22-21(15)18(23)10-16(14)13(2)12-24/h5-7,12,14,16,18,22,24H,4,8-11H2,1-3H3/b13-12-. The number of aromatic nitrogens is 1. The molecule has 1 aromatic heterocycles. The van der Waals surface area contributed by atoms with Crippen molar-refractivity contribution in [3.8, 4) is 5.75 Å². The molecule has 2 aliphatic rings. The molecule has 3 atom stereocenters. The molecule has 2 N–H and O–H groups in total. The van der Waals surface area contributed by atoms with E-state index in [0.717, 1.165) is 43.7 Å². The van der Waals surface area contributed by atoms with Gasteiger partial charge in [-0.25, -0.2) is 0 Å². The topological polar surface area (TPSA) is 48.5 Å². The third-order valence-electron chi connectivity index (χ3n) is 6.39. The van der Waals surface area contributed by atoms with E-state index >= 15 is 0 Å². The van der Waals surface area contributed by atoms with Gasteiger partial charge < -0.3 is 14.8 Å². The highest BCUT2D eigenvalue weighted by Crippen LogP contribution is 2.46. The first-order valence-electron chi connectivity index (χ1n) is 9.40. The van der Waals surface area contributed by atoms with Crippen molar-refractivity contribution in [2.75, 3.05) is 20.2 Å². The van der Waals surface area contributed by atoms with E-state index in [0.29, 0.717) is 17.9 Å². The Hall–Kier alpha value is -1.94. The van der Waals surface area contributed by atoms with Gasteiger partial charge in [0, 0.05) is 29.7 Å². The number of nitrogens with one attached hydrogen (secondary N) is 1. The van der Waals surface area contributed by atoms with Crippen molar-refractivity contribution < 1.29 is 9.84 Å². The summed E-state index contributed by atoms with van der Waals surface area (Å²) >= 11 is 0. The number of hydrogen-bond acceptors (Lipinski definition) is 3. The van der Waals surface area contributed by atoms with Crippen LogP contribution in [-0.2, 0) is 6.42 Å². The van der Waals surface area contributed by atoms with E-state index in [9.17, 15) is 5.11 Å². The van der Waals surface area contributed by atoms with E-state index in [-0.39, 0.29) is 0 Å². The average Bonchev–Trinajstić information content (AvgIpc) is 3.05. The average molecular weight is 340 g/mol. The molecule has 2 aromatic rings. The van der Waals surface area contributed by atoms with Crippen LogP contribution in [-0.4, -0.2) is 35.2 Å². The molecule has 3 heterocycles. The molecule has 1 fully saturated rings. The number of benzene rings is 1. The van der Waals surface area contributed by atoms with Crippen molar-refractivity contribution in [1.29, 1.82) is 0 Å².